The standard InChI is InChI=1S/C18H28N4O2/c1-13-6-4-5-7-15(13)17(21(2)3)18(24)20-14-8-10-22(11-9-14)12-16(19)23/h4-7,14,17H,8-12H2,1-3H3,(H2,19,23)(H,20,24)/t17-/m1/s1. The third-order valence-corrected chi connectivity index (χ3v) is 4.56. The van der Waals surface area contributed by atoms with Gasteiger partial charge in [0.25, 0.3) is 0 Å². The number of piperidine rings is 1. The molecular formula is C18H28N4O2. The second-order valence-electron chi connectivity index (χ2n) is 6.75. The Bertz CT molecular complexity index is 580. The first-order valence-electron chi connectivity index (χ1n) is 8.41. The van der Waals surface area contributed by atoms with Gasteiger partial charge < -0.3 is 11.1 Å². The number of benzene rings is 1. The molecule has 1 aromatic rings. The highest BCUT2D eigenvalue weighted by Crippen LogP contribution is 2.23. The Morgan fingerprint density at radius 1 is 1.29 bits per heavy atom. The molecular weight excluding hydrogens is 304 g/mol. The molecule has 6 heteroatoms. The van der Waals surface area contributed by atoms with Crippen molar-refractivity contribution >= 4 is 11.8 Å². The van der Waals surface area contributed by atoms with E-state index in [1.165, 1.54) is 0 Å². The molecule has 2 rings (SSSR count). The van der Waals surface area contributed by atoms with E-state index >= 15 is 0 Å². The molecule has 0 saturated carbocycles. The van der Waals surface area contributed by atoms with E-state index in [4.69, 9.17) is 5.73 Å². The molecule has 1 saturated heterocycles. The van der Waals surface area contributed by atoms with Gasteiger partial charge >= 0.3 is 0 Å². The lowest BCUT2D eigenvalue weighted by molar-refractivity contribution is -0.127. The smallest absolute Gasteiger partial charge is 0.242 e. The van der Waals surface area contributed by atoms with E-state index < -0.39 is 0 Å². The summed E-state index contributed by atoms with van der Waals surface area (Å²) >= 11 is 0. The minimum Gasteiger partial charge on any atom is -0.369 e. The highest BCUT2D eigenvalue weighted by Gasteiger charge is 2.28. The van der Waals surface area contributed by atoms with Crippen molar-refractivity contribution in [3.63, 3.8) is 0 Å². The topological polar surface area (TPSA) is 78.7 Å². The lowest BCUT2D eigenvalue weighted by Crippen LogP contribution is -2.49. The zero-order valence-electron chi connectivity index (χ0n) is 14.8. The van der Waals surface area contributed by atoms with Gasteiger partial charge in [-0.2, -0.15) is 0 Å². The van der Waals surface area contributed by atoms with Gasteiger partial charge in [-0.25, -0.2) is 0 Å². The average Bonchev–Trinajstić information content (AvgIpc) is 2.50. The molecule has 1 atom stereocenters. The van der Waals surface area contributed by atoms with Crippen LogP contribution >= 0.6 is 0 Å². The molecule has 0 unspecified atom stereocenters. The number of primary amides is 1. The maximum atomic E-state index is 12.8. The second kappa shape index (κ2) is 8.26. The maximum absolute atomic E-state index is 12.8. The number of likely N-dealkylation sites (tertiary alicyclic amines) is 1. The van der Waals surface area contributed by atoms with Crippen molar-refractivity contribution in [3.05, 3.63) is 35.4 Å². The predicted molar refractivity (Wildman–Crippen MR) is 94.4 cm³/mol. The highest BCUT2D eigenvalue weighted by atomic mass is 16.2. The summed E-state index contributed by atoms with van der Waals surface area (Å²) in [5.41, 5.74) is 7.38. The van der Waals surface area contributed by atoms with Crippen LogP contribution in [0.3, 0.4) is 0 Å². The van der Waals surface area contributed by atoms with Crippen molar-refractivity contribution in [3.8, 4) is 0 Å². The largest absolute Gasteiger partial charge is 0.369 e. The third-order valence-electron chi connectivity index (χ3n) is 4.56. The van der Waals surface area contributed by atoms with Crippen molar-refractivity contribution in [2.75, 3.05) is 33.7 Å². The summed E-state index contributed by atoms with van der Waals surface area (Å²) in [5, 5.41) is 3.18. The minimum atomic E-state index is -0.301. The number of amides is 2. The van der Waals surface area contributed by atoms with E-state index in [1.54, 1.807) is 0 Å². The van der Waals surface area contributed by atoms with Gasteiger partial charge in [-0.05, 0) is 45.0 Å². The van der Waals surface area contributed by atoms with E-state index in [0.717, 1.165) is 37.1 Å². The van der Waals surface area contributed by atoms with E-state index in [9.17, 15) is 9.59 Å². The molecule has 2 amide bonds. The predicted octanol–water partition coefficient (Wildman–Crippen LogP) is 0.664. The van der Waals surface area contributed by atoms with Crippen LogP contribution in [0, 0.1) is 6.92 Å². The molecule has 1 aliphatic heterocycles. The van der Waals surface area contributed by atoms with Gasteiger partial charge in [-0.15, -0.1) is 0 Å². The zero-order valence-corrected chi connectivity index (χ0v) is 14.8. The third kappa shape index (κ3) is 4.79. The quantitative estimate of drug-likeness (QED) is 0.802. The van der Waals surface area contributed by atoms with Gasteiger partial charge in [0, 0.05) is 19.1 Å². The Balaban J connectivity index is 1.97. The summed E-state index contributed by atoms with van der Waals surface area (Å²) in [6, 6.07) is 7.84. The second-order valence-corrected chi connectivity index (χ2v) is 6.75. The Morgan fingerprint density at radius 2 is 1.92 bits per heavy atom. The molecule has 132 valence electrons. The molecule has 1 heterocycles. The number of likely N-dealkylation sites (N-methyl/N-ethyl adjacent to an activating group) is 1. The van der Waals surface area contributed by atoms with Crippen LogP contribution in [0.5, 0.6) is 0 Å². The van der Waals surface area contributed by atoms with Crippen molar-refractivity contribution in [2.45, 2.75) is 31.8 Å². The summed E-state index contributed by atoms with van der Waals surface area (Å²) < 4.78 is 0. The monoisotopic (exact) mass is 332 g/mol. The highest BCUT2D eigenvalue weighted by molar-refractivity contribution is 5.83. The van der Waals surface area contributed by atoms with Gasteiger partial charge in [0.15, 0.2) is 0 Å². The van der Waals surface area contributed by atoms with E-state index in [-0.39, 0.29) is 23.9 Å². The summed E-state index contributed by atoms with van der Waals surface area (Å²) in [6.45, 7) is 3.89. The van der Waals surface area contributed by atoms with Crippen LogP contribution in [0.2, 0.25) is 0 Å². The Labute approximate surface area is 144 Å². The Hall–Kier alpha value is -1.92. The van der Waals surface area contributed by atoms with Gasteiger partial charge in [0.1, 0.15) is 6.04 Å². The van der Waals surface area contributed by atoms with Crippen LogP contribution in [0.15, 0.2) is 24.3 Å². The fourth-order valence-electron chi connectivity index (χ4n) is 3.28. The number of rotatable bonds is 6. The van der Waals surface area contributed by atoms with E-state index in [1.807, 2.05) is 55.1 Å². The summed E-state index contributed by atoms with van der Waals surface area (Å²) in [4.78, 5) is 27.8. The molecule has 1 aromatic carbocycles. The number of hydrogen-bond donors (Lipinski definition) is 2. The van der Waals surface area contributed by atoms with Crippen LogP contribution in [-0.2, 0) is 9.59 Å². The van der Waals surface area contributed by atoms with Crippen molar-refractivity contribution in [2.24, 2.45) is 5.73 Å². The lowest BCUT2D eigenvalue weighted by Gasteiger charge is -2.33. The van der Waals surface area contributed by atoms with Crippen LogP contribution < -0.4 is 11.1 Å². The van der Waals surface area contributed by atoms with Crippen LogP contribution in [0.1, 0.15) is 30.0 Å². The van der Waals surface area contributed by atoms with Crippen molar-refractivity contribution in [1.82, 2.24) is 15.1 Å². The normalized spacial score (nSPS) is 17.7. The summed E-state index contributed by atoms with van der Waals surface area (Å²) in [5.74, 6) is -0.271. The molecule has 0 aliphatic carbocycles. The number of nitrogens with one attached hydrogen (secondary N) is 1. The molecule has 1 fully saturated rings. The Kier molecular flexibility index (Phi) is 6.34. The molecule has 3 N–H and O–H groups in total. The van der Waals surface area contributed by atoms with Gasteiger partial charge in [0.05, 0.1) is 6.54 Å². The van der Waals surface area contributed by atoms with Gasteiger partial charge in [-0.3, -0.25) is 19.4 Å². The minimum absolute atomic E-state index is 0.0302. The maximum Gasteiger partial charge on any atom is 0.242 e. The lowest BCUT2D eigenvalue weighted by atomic mass is 9.98. The van der Waals surface area contributed by atoms with Crippen LogP contribution in [0.25, 0.3) is 0 Å². The molecule has 0 aromatic heterocycles. The first-order valence-corrected chi connectivity index (χ1v) is 8.41. The fraction of sp³-hybridized carbons (Fsp3) is 0.556. The van der Waals surface area contributed by atoms with Crippen LogP contribution in [-0.4, -0.2) is 61.4 Å². The first-order chi connectivity index (χ1) is 11.4. The first kappa shape index (κ1) is 18.4. The molecule has 1 aliphatic rings. The fourth-order valence-corrected chi connectivity index (χ4v) is 3.28. The summed E-state index contributed by atoms with van der Waals surface area (Å²) in [6.07, 6.45) is 1.68. The average molecular weight is 332 g/mol. The zero-order chi connectivity index (χ0) is 17.7. The molecule has 0 spiro atoms. The number of aryl methyl sites for hydroxylation is 1. The molecule has 24 heavy (non-hydrogen) atoms. The number of carbonyl (C=O) groups excluding carboxylic acids is 2. The Morgan fingerprint density at radius 3 is 2.46 bits per heavy atom. The molecule has 6 nitrogen and oxygen atoms in total. The van der Waals surface area contributed by atoms with E-state index in [0.29, 0.717) is 6.54 Å². The van der Waals surface area contributed by atoms with Crippen LogP contribution in [0.4, 0.5) is 0 Å². The van der Waals surface area contributed by atoms with E-state index in [2.05, 4.69) is 5.32 Å². The van der Waals surface area contributed by atoms with Gasteiger partial charge in [0.2, 0.25) is 11.8 Å². The number of nitrogens with zero attached hydrogens (tertiary/aromatic N) is 2. The number of carbonyl (C=O) groups is 2. The molecule has 0 radical (unpaired) electrons. The number of hydrogen-bond acceptors (Lipinski definition) is 4. The number of nitrogens with two attached hydrogens (primary N) is 1. The van der Waals surface area contributed by atoms with Crippen molar-refractivity contribution in [1.29, 1.82) is 0 Å². The van der Waals surface area contributed by atoms with Crippen molar-refractivity contribution < 1.29 is 9.59 Å². The SMILES string of the molecule is Cc1ccccc1[C@H](C(=O)NC1CCN(CC(N)=O)CC1)N(C)C. The summed E-state index contributed by atoms with van der Waals surface area (Å²) in [7, 11) is 3.85. The molecule has 0 bridgehead atoms. The van der Waals surface area contributed by atoms with Gasteiger partial charge in [-0.1, -0.05) is 24.3 Å².